The van der Waals surface area contributed by atoms with Crippen LogP contribution in [0.4, 0.5) is 18.9 Å². The first-order valence-electron chi connectivity index (χ1n) is 7.37. The van der Waals surface area contributed by atoms with Crippen molar-refractivity contribution in [3.05, 3.63) is 36.0 Å². The third kappa shape index (κ3) is 3.56. The molecule has 1 aliphatic rings. The van der Waals surface area contributed by atoms with E-state index in [-0.39, 0.29) is 5.52 Å². The quantitative estimate of drug-likeness (QED) is 0.909. The van der Waals surface area contributed by atoms with Gasteiger partial charge >= 0.3 is 6.18 Å². The fourth-order valence-corrected chi connectivity index (χ4v) is 2.67. The Hall–Kier alpha value is -1.86. The average Bonchev–Trinajstić information content (AvgIpc) is 2.52. The summed E-state index contributed by atoms with van der Waals surface area (Å²) in [6.45, 7) is 1.32. The van der Waals surface area contributed by atoms with Gasteiger partial charge in [0.15, 0.2) is 0 Å². The van der Waals surface area contributed by atoms with Crippen molar-refractivity contribution in [3.63, 3.8) is 0 Å². The maximum absolute atomic E-state index is 12.8. The van der Waals surface area contributed by atoms with Crippen molar-refractivity contribution in [1.29, 1.82) is 0 Å². The van der Waals surface area contributed by atoms with Gasteiger partial charge in [0.2, 0.25) is 0 Å². The summed E-state index contributed by atoms with van der Waals surface area (Å²) in [5.41, 5.74) is -0.662. The van der Waals surface area contributed by atoms with E-state index in [4.69, 9.17) is 4.74 Å². The Bertz CT molecular complexity index is 697. The third-order valence-electron chi connectivity index (χ3n) is 4.10. The number of hydrogen-bond acceptors (Lipinski definition) is 4. The Kier molecular flexibility index (Phi) is 4.16. The summed E-state index contributed by atoms with van der Waals surface area (Å²) in [4.78, 5) is 4.01. The predicted octanol–water partition coefficient (Wildman–Crippen LogP) is 3.21. The van der Waals surface area contributed by atoms with Crippen LogP contribution in [0.1, 0.15) is 18.4 Å². The number of aromatic nitrogens is 1. The van der Waals surface area contributed by atoms with Crippen LogP contribution in [0.25, 0.3) is 10.9 Å². The van der Waals surface area contributed by atoms with Crippen LogP contribution in [0.3, 0.4) is 0 Å². The number of nitrogens with one attached hydrogen (secondary N) is 1. The highest BCUT2D eigenvalue weighted by atomic mass is 19.4. The van der Waals surface area contributed by atoms with Gasteiger partial charge in [-0.15, -0.1) is 0 Å². The van der Waals surface area contributed by atoms with E-state index in [1.54, 1.807) is 6.07 Å². The average molecular weight is 326 g/mol. The van der Waals surface area contributed by atoms with E-state index in [1.165, 1.54) is 12.3 Å². The fourth-order valence-electron chi connectivity index (χ4n) is 2.67. The van der Waals surface area contributed by atoms with Crippen molar-refractivity contribution in [2.24, 2.45) is 0 Å². The molecule has 1 fully saturated rings. The summed E-state index contributed by atoms with van der Waals surface area (Å²) in [6, 6.07) is 5.17. The van der Waals surface area contributed by atoms with Gasteiger partial charge in [-0.3, -0.25) is 4.98 Å². The number of alkyl halides is 3. The second kappa shape index (κ2) is 5.98. The first kappa shape index (κ1) is 16.0. The largest absolute Gasteiger partial charge is 0.416 e. The molecule has 1 aromatic carbocycles. The predicted molar refractivity (Wildman–Crippen MR) is 80.2 cm³/mol. The van der Waals surface area contributed by atoms with Gasteiger partial charge in [0.1, 0.15) is 0 Å². The lowest BCUT2D eigenvalue weighted by atomic mass is 9.94. The molecule has 3 rings (SSSR count). The zero-order valence-electron chi connectivity index (χ0n) is 12.4. The monoisotopic (exact) mass is 326 g/mol. The van der Waals surface area contributed by atoms with Gasteiger partial charge in [-0.05, 0) is 18.2 Å². The number of fused-ring (bicyclic) bond motifs is 1. The molecule has 0 saturated carbocycles. The van der Waals surface area contributed by atoms with Crippen molar-refractivity contribution in [2.75, 3.05) is 25.1 Å². The lowest BCUT2D eigenvalue weighted by Gasteiger charge is -2.32. The highest BCUT2D eigenvalue weighted by Crippen LogP contribution is 2.33. The Morgan fingerprint density at radius 3 is 2.65 bits per heavy atom. The maximum Gasteiger partial charge on any atom is 0.416 e. The number of ether oxygens (including phenoxy) is 1. The van der Waals surface area contributed by atoms with Gasteiger partial charge in [-0.25, -0.2) is 0 Å². The molecule has 0 aliphatic carbocycles. The maximum atomic E-state index is 12.8. The molecule has 4 nitrogen and oxygen atoms in total. The lowest BCUT2D eigenvalue weighted by molar-refractivity contribution is -0.137. The molecule has 1 aromatic heterocycles. The van der Waals surface area contributed by atoms with E-state index in [9.17, 15) is 18.3 Å². The number of pyridine rings is 1. The normalized spacial score (nSPS) is 18.1. The van der Waals surface area contributed by atoms with Gasteiger partial charge in [-0.2, -0.15) is 13.2 Å². The molecule has 23 heavy (non-hydrogen) atoms. The van der Waals surface area contributed by atoms with Gasteiger partial charge in [0, 0.05) is 49.9 Å². The third-order valence-corrected chi connectivity index (χ3v) is 4.10. The van der Waals surface area contributed by atoms with Crippen LogP contribution < -0.4 is 5.32 Å². The zero-order chi connectivity index (χ0) is 16.5. The standard InChI is InChI=1S/C16H17F3N2O2/c17-16(18,19)11-1-2-12-13(3-6-20-14(12)9-11)21-10-15(22)4-7-23-8-5-15/h1-3,6,9,22H,4-5,7-8,10H2,(H,20,21). The van der Waals surface area contributed by atoms with Crippen LogP contribution in [-0.2, 0) is 10.9 Å². The number of rotatable bonds is 3. The Balaban J connectivity index is 1.84. The van der Waals surface area contributed by atoms with Crippen LogP contribution >= 0.6 is 0 Å². The highest BCUT2D eigenvalue weighted by molar-refractivity contribution is 5.91. The van der Waals surface area contributed by atoms with Crippen molar-refractivity contribution < 1.29 is 23.0 Å². The first-order chi connectivity index (χ1) is 10.9. The van der Waals surface area contributed by atoms with Crippen LogP contribution in [-0.4, -0.2) is 35.5 Å². The van der Waals surface area contributed by atoms with Crippen LogP contribution in [0, 0.1) is 0 Å². The molecule has 0 radical (unpaired) electrons. The lowest BCUT2D eigenvalue weighted by Crippen LogP contribution is -2.42. The molecular weight excluding hydrogens is 309 g/mol. The van der Waals surface area contributed by atoms with Gasteiger partial charge in [0.25, 0.3) is 0 Å². The fraction of sp³-hybridized carbons (Fsp3) is 0.438. The van der Waals surface area contributed by atoms with Crippen molar-refractivity contribution >= 4 is 16.6 Å². The highest BCUT2D eigenvalue weighted by Gasteiger charge is 2.31. The molecule has 0 atom stereocenters. The van der Waals surface area contributed by atoms with Crippen LogP contribution in [0.2, 0.25) is 0 Å². The SMILES string of the molecule is OC1(CNc2ccnc3cc(C(F)(F)F)ccc23)CCOCC1. The molecule has 1 saturated heterocycles. The molecule has 0 unspecified atom stereocenters. The molecule has 124 valence electrons. The van der Waals surface area contributed by atoms with Crippen LogP contribution in [0.15, 0.2) is 30.5 Å². The van der Waals surface area contributed by atoms with Crippen molar-refractivity contribution in [1.82, 2.24) is 4.98 Å². The Morgan fingerprint density at radius 1 is 1.22 bits per heavy atom. The first-order valence-corrected chi connectivity index (χ1v) is 7.37. The van der Waals surface area contributed by atoms with Crippen LogP contribution in [0.5, 0.6) is 0 Å². The molecule has 0 spiro atoms. The molecular formula is C16H17F3N2O2. The zero-order valence-corrected chi connectivity index (χ0v) is 12.4. The second-order valence-electron chi connectivity index (χ2n) is 5.78. The number of halogens is 3. The van der Waals surface area contributed by atoms with E-state index in [0.717, 1.165) is 12.1 Å². The van der Waals surface area contributed by atoms with Gasteiger partial charge in [-0.1, -0.05) is 6.07 Å². The number of benzene rings is 1. The smallest absolute Gasteiger partial charge is 0.388 e. The van der Waals surface area contributed by atoms with Crippen molar-refractivity contribution in [2.45, 2.75) is 24.6 Å². The summed E-state index contributed by atoms with van der Waals surface area (Å²) in [5.74, 6) is 0. The summed E-state index contributed by atoms with van der Waals surface area (Å²) in [7, 11) is 0. The minimum absolute atomic E-state index is 0.267. The molecule has 0 amide bonds. The van der Waals surface area contributed by atoms with E-state index in [1.807, 2.05) is 0 Å². The van der Waals surface area contributed by atoms with Crippen molar-refractivity contribution in [3.8, 4) is 0 Å². The molecule has 1 aliphatic heterocycles. The summed E-state index contributed by atoms with van der Waals surface area (Å²) in [6.07, 6.45) is -1.88. The summed E-state index contributed by atoms with van der Waals surface area (Å²) < 4.78 is 43.5. The number of anilines is 1. The van der Waals surface area contributed by atoms with E-state index in [2.05, 4.69) is 10.3 Å². The van der Waals surface area contributed by atoms with E-state index < -0.39 is 17.3 Å². The molecule has 2 N–H and O–H groups in total. The summed E-state index contributed by atoms with van der Waals surface area (Å²) in [5, 5.41) is 14.2. The minimum atomic E-state index is -4.39. The second-order valence-corrected chi connectivity index (χ2v) is 5.78. The van der Waals surface area contributed by atoms with E-state index in [0.29, 0.717) is 43.7 Å². The topological polar surface area (TPSA) is 54.4 Å². The Labute approximate surface area is 131 Å². The molecule has 0 bridgehead atoms. The van der Waals surface area contributed by atoms with Gasteiger partial charge < -0.3 is 15.2 Å². The number of nitrogens with zero attached hydrogens (tertiary/aromatic N) is 1. The molecule has 2 heterocycles. The number of hydrogen-bond donors (Lipinski definition) is 2. The summed E-state index contributed by atoms with van der Waals surface area (Å²) >= 11 is 0. The van der Waals surface area contributed by atoms with E-state index >= 15 is 0 Å². The minimum Gasteiger partial charge on any atom is -0.388 e. The molecule has 2 aromatic rings. The molecule has 7 heteroatoms. The number of aliphatic hydroxyl groups is 1. The van der Waals surface area contributed by atoms with Gasteiger partial charge in [0.05, 0.1) is 16.7 Å². The Morgan fingerprint density at radius 2 is 1.96 bits per heavy atom.